The van der Waals surface area contributed by atoms with Crippen LogP contribution in [0.15, 0.2) is 42.7 Å². The molecule has 0 fully saturated rings. The Morgan fingerprint density at radius 3 is 2.78 bits per heavy atom. The van der Waals surface area contributed by atoms with Gasteiger partial charge in [-0.1, -0.05) is 13.0 Å². The van der Waals surface area contributed by atoms with Crippen LogP contribution in [-0.2, 0) is 0 Å². The van der Waals surface area contributed by atoms with Gasteiger partial charge in [-0.15, -0.1) is 10.2 Å². The van der Waals surface area contributed by atoms with Crippen molar-refractivity contribution in [2.75, 3.05) is 11.9 Å². The van der Waals surface area contributed by atoms with Crippen molar-refractivity contribution in [1.29, 1.82) is 0 Å². The molecule has 0 amide bonds. The fraction of sp³-hybridized carbons (Fsp3) is 0.211. The molecule has 4 rings (SSSR count). The van der Waals surface area contributed by atoms with Crippen LogP contribution in [0, 0.1) is 11.6 Å². The molecule has 2 aromatic heterocycles. The molecular weight excluding hydrogens is 352 g/mol. The number of benzene rings is 2. The Morgan fingerprint density at radius 1 is 1.22 bits per heavy atom. The normalized spacial score (nSPS) is 12.6. The first kappa shape index (κ1) is 17.3. The lowest BCUT2D eigenvalue weighted by atomic mass is 10.0. The van der Waals surface area contributed by atoms with Crippen molar-refractivity contribution in [3.8, 4) is 0 Å². The quantitative estimate of drug-likeness (QED) is 0.593. The van der Waals surface area contributed by atoms with E-state index in [-0.39, 0.29) is 11.4 Å². The molecule has 2 aromatic carbocycles. The van der Waals surface area contributed by atoms with E-state index in [1.165, 1.54) is 24.5 Å². The number of halogens is 2. The van der Waals surface area contributed by atoms with E-state index in [2.05, 4.69) is 15.2 Å². The molecule has 1 unspecified atom stereocenters. The molecule has 0 saturated carbocycles. The van der Waals surface area contributed by atoms with Gasteiger partial charge in [0.15, 0.2) is 0 Å². The summed E-state index contributed by atoms with van der Waals surface area (Å²) >= 11 is 0. The van der Waals surface area contributed by atoms with E-state index < -0.39 is 11.9 Å². The van der Waals surface area contributed by atoms with Crippen molar-refractivity contribution >= 4 is 28.2 Å². The van der Waals surface area contributed by atoms with E-state index in [9.17, 15) is 13.9 Å². The Kier molecular flexibility index (Phi) is 4.19. The van der Waals surface area contributed by atoms with Crippen LogP contribution in [0.4, 0.5) is 20.3 Å². The van der Waals surface area contributed by atoms with Crippen molar-refractivity contribution < 1.29 is 13.9 Å². The molecule has 138 valence electrons. The first-order chi connectivity index (χ1) is 13.0. The number of aliphatic hydroxyl groups excluding tert-OH is 1. The van der Waals surface area contributed by atoms with E-state index in [4.69, 9.17) is 0 Å². The lowest BCUT2D eigenvalue weighted by Gasteiger charge is -2.21. The second-order valence-electron chi connectivity index (χ2n) is 6.29. The van der Waals surface area contributed by atoms with E-state index in [1.54, 1.807) is 41.5 Å². The first-order valence-corrected chi connectivity index (χ1v) is 8.50. The Morgan fingerprint density at radius 2 is 2.04 bits per heavy atom. The lowest BCUT2D eigenvalue weighted by molar-refractivity contribution is 0.169. The van der Waals surface area contributed by atoms with Crippen LogP contribution in [0.1, 0.15) is 25.0 Å². The minimum absolute atomic E-state index is 0.200. The average Bonchev–Trinajstić information content (AvgIpc) is 3.14. The largest absolute Gasteiger partial charge is 0.388 e. The minimum atomic E-state index is -0.918. The van der Waals surface area contributed by atoms with Crippen LogP contribution in [0.2, 0.25) is 0 Å². The van der Waals surface area contributed by atoms with Crippen LogP contribution >= 0.6 is 0 Å². The van der Waals surface area contributed by atoms with Gasteiger partial charge in [0.25, 0.3) is 5.78 Å². The first-order valence-electron chi connectivity index (χ1n) is 8.50. The minimum Gasteiger partial charge on any atom is -0.388 e. The number of hydrogen-bond acceptors (Lipinski definition) is 5. The second kappa shape index (κ2) is 6.55. The third-order valence-corrected chi connectivity index (χ3v) is 4.61. The van der Waals surface area contributed by atoms with Gasteiger partial charge in [-0.05, 0) is 36.8 Å². The van der Waals surface area contributed by atoms with Crippen molar-refractivity contribution in [3.05, 3.63) is 59.9 Å². The molecule has 2 heterocycles. The van der Waals surface area contributed by atoms with Crippen LogP contribution in [0.5, 0.6) is 0 Å². The predicted octanol–water partition coefficient (Wildman–Crippen LogP) is 3.77. The molecule has 8 heteroatoms. The van der Waals surface area contributed by atoms with Gasteiger partial charge < -0.3 is 10.0 Å². The second-order valence-corrected chi connectivity index (χ2v) is 6.29. The van der Waals surface area contributed by atoms with Crippen LogP contribution in [-0.4, -0.2) is 31.7 Å². The molecule has 1 atom stereocenters. The predicted molar refractivity (Wildman–Crippen MR) is 98.0 cm³/mol. The maximum absolute atomic E-state index is 14.7. The van der Waals surface area contributed by atoms with Gasteiger partial charge in [0, 0.05) is 23.7 Å². The molecule has 0 aliphatic rings. The maximum atomic E-state index is 14.7. The van der Waals surface area contributed by atoms with Gasteiger partial charge >= 0.3 is 0 Å². The highest BCUT2D eigenvalue weighted by Crippen LogP contribution is 2.33. The van der Waals surface area contributed by atoms with Gasteiger partial charge in [0.2, 0.25) is 0 Å². The summed E-state index contributed by atoms with van der Waals surface area (Å²) in [6.07, 6.45) is 0.949. The summed E-state index contributed by atoms with van der Waals surface area (Å²) in [6.45, 7) is 1.78. The van der Waals surface area contributed by atoms with Crippen LogP contribution in [0.3, 0.4) is 0 Å². The van der Waals surface area contributed by atoms with Gasteiger partial charge in [-0.2, -0.15) is 4.98 Å². The molecule has 0 spiro atoms. The number of rotatable bonds is 4. The average molecular weight is 369 g/mol. The Bertz CT molecular complexity index is 1140. The summed E-state index contributed by atoms with van der Waals surface area (Å²) in [5, 5.41) is 18.5. The Hall–Kier alpha value is -3.13. The van der Waals surface area contributed by atoms with Gasteiger partial charge in [-0.3, -0.25) is 4.40 Å². The number of aromatic nitrogens is 4. The van der Waals surface area contributed by atoms with Crippen molar-refractivity contribution in [1.82, 2.24) is 19.6 Å². The zero-order chi connectivity index (χ0) is 19.1. The van der Waals surface area contributed by atoms with Gasteiger partial charge in [-0.25, -0.2) is 8.78 Å². The molecule has 1 N–H and O–H groups in total. The molecule has 6 nitrogen and oxygen atoms in total. The summed E-state index contributed by atoms with van der Waals surface area (Å²) < 4.78 is 30.0. The van der Waals surface area contributed by atoms with Crippen molar-refractivity contribution in [3.63, 3.8) is 0 Å². The molecule has 0 radical (unpaired) electrons. The van der Waals surface area contributed by atoms with Crippen molar-refractivity contribution in [2.24, 2.45) is 0 Å². The smallest absolute Gasteiger partial charge is 0.257 e. The number of aliphatic hydroxyl groups is 1. The highest BCUT2D eigenvalue weighted by atomic mass is 19.1. The molecular formula is C19H17F2N5O. The zero-order valence-corrected chi connectivity index (χ0v) is 14.8. The van der Waals surface area contributed by atoms with Crippen LogP contribution < -0.4 is 4.90 Å². The summed E-state index contributed by atoms with van der Waals surface area (Å²) in [5.41, 5.74) is 1.36. The summed E-state index contributed by atoms with van der Waals surface area (Å²) in [5.74, 6) is -0.177. The molecule has 0 aliphatic carbocycles. The lowest BCUT2D eigenvalue weighted by Crippen LogP contribution is -2.13. The fourth-order valence-corrected chi connectivity index (χ4v) is 3.12. The molecule has 0 saturated heterocycles. The maximum Gasteiger partial charge on any atom is 0.257 e. The van der Waals surface area contributed by atoms with Crippen LogP contribution in [0.25, 0.3) is 16.7 Å². The van der Waals surface area contributed by atoms with E-state index in [1.807, 2.05) is 0 Å². The van der Waals surface area contributed by atoms with Gasteiger partial charge in [0.1, 0.15) is 23.8 Å². The zero-order valence-electron chi connectivity index (χ0n) is 14.8. The van der Waals surface area contributed by atoms with Gasteiger partial charge in [0.05, 0.1) is 11.6 Å². The highest BCUT2D eigenvalue weighted by molar-refractivity contribution is 5.93. The summed E-state index contributed by atoms with van der Waals surface area (Å²) in [4.78, 5) is 6.13. The monoisotopic (exact) mass is 369 g/mol. The fourth-order valence-electron chi connectivity index (χ4n) is 3.12. The molecule has 4 aromatic rings. The SMILES string of the molecule is CCC(O)c1cc2c(cc1F)c(N(C)c1cccc(F)c1)nc1nncn12. The number of anilines is 2. The summed E-state index contributed by atoms with van der Waals surface area (Å²) in [6, 6.07) is 8.96. The number of nitrogens with zero attached hydrogens (tertiary/aromatic N) is 5. The Balaban J connectivity index is 2.01. The van der Waals surface area contributed by atoms with Crippen molar-refractivity contribution in [2.45, 2.75) is 19.4 Å². The van der Waals surface area contributed by atoms with E-state index >= 15 is 0 Å². The standard InChI is InChI=1S/C19H17F2N5O/c1-3-17(27)13-9-16-14(8-15(13)21)18(23-19-24-22-10-26(16)19)25(2)12-6-4-5-11(20)7-12/h4-10,17,27H,3H2,1-2H3. The molecule has 27 heavy (non-hydrogen) atoms. The van der Waals surface area contributed by atoms with E-state index in [0.29, 0.717) is 34.6 Å². The number of fused-ring (bicyclic) bond motifs is 3. The summed E-state index contributed by atoms with van der Waals surface area (Å²) in [7, 11) is 1.72. The third-order valence-electron chi connectivity index (χ3n) is 4.61. The van der Waals surface area contributed by atoms with E-state index in [0.717, 1.165) is 0 Å². The third kappa shape index (κ3) is 2.87. The Labute approximate surface area is 153 Å². The number of hydrogen-bond donors (Lipinski definition) is 1. The topological polar surface area (TPSA) is 66.5 Å². The highest BCUT2D eigenvalue weighted by Gasteiger charge is 2.19. The molecule has 0 bridgehead atoms. The molecule has 0 aliphatic heterocycles.